The van der Waals surface area contributed by atoms with E-state index in [1.54, 1.807) is 12.1 Å². The fourth-order valence-corrected chi connectivity index (χ4v) is 3.30. The van der Waals surface area contributed by atoms with Crippen molar-refractivity contribution < 1.29 is 18.3 Å². The van der Waals surface area contributed by atoms with Crippen LogP contribution in [0.3, 0.4) is 0 Å². The molecule has 2 aliphatic rings. The Morgan fingerprint density at radius 2 is 1.90 bits per heavy atom. The second-order valence-electron chi connectivity index (χ2n) is 7.44. The number of nitrogens with zero attached hydrogens (tertiary/aromatic N) is 2. The average Bonchev–Trinajstić information content (AvgIpc) is 3.53. The predicted molar refractivity (Wildman–Crippen MR) is 106 cm³/mol. The zero-order chi connectivity index (χ0) is 20.2. The molecule has 1 N–H and O–H groups in total. The van der Waals surface area contributed by atoms with Gasteiger partial charge in [0.25, 0.3) is 5.91 Å². The van der Waals surface area contributed by atoms with Crippen molar-refractivity contribution in [1.29, 1.82) is 0 Å². The van der Waals surface area contributed by atoms with Crippen molar-refractivity contribution in [2.24, 2.45) is 0 Å². The molecule has 0 radical (unpaired) electrons. The van der Waals surface area contributed by atoms with Crippen LogP contribution >= 0.6 is 0 Å². The van der Waals surface area contributed by atoms with Crippen LogP contribution in [0.25, 0.3) is 0 Å². The number of halogens is 1. The number of anilines is 1. The molecule has 1 saturated carbocycles. The molecule has 0 unspecified atom stereocenters. The van der Waals surface area contributed by atoms with Crippen LogP contribution in [0.1, 0.15) is 18.6 Å². The number of rotatable bonds is 7. The van der Waals surface area contributed by atoms with Gasteiger partial charge in [-0.05, 0) is 37.1 Å². The highest BCUT2D eigenvalue weighted by atomic mass is 19.1. The molecule has 1 saturated heterocycles. The van der Waals surface area contributed by atoms with Gasteiger partial charge in [-0.2, -0.15) is 0 Å². The Balaban J connectivity index is 1.26. The van der Waals surface area contributed by atoms with Crippen LogP contribution in [0.4, 0.5) is 10.1 Å². The van der Waals surface area contributed by atoms with E-state index in [0.717, 1.165) is 44.7 Å². The molecule has 8 heteroatoms. The van der Waals surface area contributed by atoms with Gasteiger partial charge in [0.05, 0.1) is 6.54 Å². The number of amides is 1. The summed E-state index contributed by atoms with van der Waals surface area (Å²) in [7, 11) is 0. The lowest BCUT2D eigenvalue weighted by molar-refractivity contribution is -0.123. The number of benzene rings is 1. The van der Waals surface area contributed by atoms with E-state index >= 15 is 0 Å². The molecule has 1 aliphatic carbocycles. The SMILES string of the molecule is O=C(COc1coc(CN2CCN(c3ccc(F)cc3)CC2)cc1=O)NC1CC1. The summed E-state index contributed by atoms with van der Waals surface area (Å²) >= 11 is 0. The first-order valence-electron chi connectivity index (χ1n) is 9.83. The fourth-order valence-electron chi connectivity index (χ4n) is 3.30. The number of piperazine rings is 1. The highest BCUT2D eigenvalue weighted by Crippen LogP contribution is 2.19. The van der Waals surface area contributed by atoms with Gasteiger partial charge >= 0.3 is 0 Å². The third-order valence-electron chi connectivity index (χ3n) is 5.10. The van der Waals surface area contributed by atoms with E-state index in [2.05, 4.69) is 15.1 Å². The van der Waals surface area contributed by atoms with E-state index in [-0.39, 0.29) is 35.6 Å². The summed E-state index contributed by atoms with van der Waals surface area (Å²) in [6.45, 7) is 3.57. The molecule has 7 nitrogen and oxygen atoms in total. The lowest BCUT2D eigenvalue weighted by Crippen LogP contribution is -2.46. The highest BCUT2D eigenvalue weighted by molar-refractivity contribution is 5.78. The summed E-state index contributed by atoms with van der Waals surface area (Å²) in [5.74, 6) is 0.134. The maximum absolute atomic E-state index is 13.1. The number of hydrogen-bond donors (Lipinski definition) is 1. The molecule has 1 aliphatic heterocycles. The minimum atomic E-state index is -0.296. The maximum Gasteiger partial charge on any atom is 0.258 e. The van der Waals surface area contributed by atoms with Gasteiger partial charge in [0.15, 0.2) is 6.61 Å². The van der Waals surface area contributed by atoms with Gasteiger partial charge in [0.2, 0.25) is 11.2 Å². The van der Waals surface area contributed by atoms with Gasteiger partial charge < -0.3 is 19.4 Å². The Bertz CT molecular complexity index is 903. The third-order valence-corrected chi connectivity index (χ3v) is 5.10. The van der Waals surface area contributed by atoms with E-state index in [9.17, 15) is 14.0 Å². The first kappa shape index (κ1) is 19.4. The summed E-state index contributed by atoms with van der Waals surface area (Å²) in [6.07, 6.45) is 3.28. The topological polar surface area (TPSA) is 75.0 Å². The molecule has 1 amide bonds. The number of carbonyl (C=O) groups excluding carboxylic acids is 1. The molecule has 0 atom stereocenters. The quantitative estimate of drug-likeness (QED) is 0.762. The van der Waals surface area contributed by atoms with Gasteiger partial charge in [-0.25, -0.2) is 4.39 Å². The Kier molecular flexibility index (Phi) is 5.80. The lowest BCUT2D eigenvalue weighted by atomic mass is 10.2. The van der Waals surface area contributed by atoms with E-state index in [0.29, 0.717) is 12.3 Å². The molecule has 1 aromatic heterocycles. The van der Waals surface area contributed by atoms with Gasteiger partial charge in [-0.15, -0.1) is 0 Å². The van der Waals surface area contributed by atoms with Crippen LogP contribution in [0.15, 0.2) is 45.8 Å². The second-order valence-corrected chi connectivity index (χ2v) is 7.44. The summed E-state index contributed by atoms with van der Waals surface area (Å²) in [5.41, 5.74) is 0.709. The van der Waals surface area contributed by atoms with Crippen molar-refractivity contribution in [1.82, 2.24) is 10.2 Å². The molecule has 154 valence electrons. The van der Waals surface area contributed by atoms with Crippen LogP contribution in [-0.4, -0.2) is 49.6 Å². The number of ether oxygens (including phenoxy) is 1. The minimum absolute atomic E-state index is 0.0424. The van der Waals surface area contributed by atoms with E-state index in [4.69, 9.17) is 9.15 Å². The van der Waals surface area contributed by atoms with Crippen LogP contribution in [0.2, 0.25) is 0 Å². The zero-order valence-corrected chi connectivity index (χ0v) is 16.1. The molecule has 0 bridgehead atoms. The average molecular weight is 401 g/mol. The molecule has 2 fully saturated rings. The van der Waals surface area contributed by atoms with Crippen molar-refractivity contribution >= 4 is 11.6 Å². The summed E-state index contributed by atoms with van der Waals surface area (Å²) in [5, 5.41) is 2.80. The highest BCUT2D eigenvalue weighted by Gasteiger charge is 2.23. The van der Waals surface area contributed by atoms with Crippen LogP contribution in [0, 0.1) is 5.82 Å². The second kappa shape index (κ2) is 8.65. The van der Waals surface area contributed by atoms with Crippen molar-refractivity contribution in [3.8, 4) is 5.75 Å². The molecule has 4 rings (SSSR count). The fraction of sp³-hybridized carbons (Fsp3) is 0.429. The van der Waals surface area contributed by atoms with Gasteiger partial charge in [-0.3, -0.25) is 14.5 Å². The molecule has 2 aromatic rings. The smallest absolute Gasteiger partial charge is 0.258 e. The molecule has 1 aromatic carbocycles. The molecule has 0 spiro atoms. The van der Waals surface area contributed by atoms with Crippen LogP contribution in [0.5, 0.6) is 5.75 Å². The largest absolute Gasteiger partial charge is 0.477 e. The van der Waals surface area contributed by atoms with Crippen molar-refractivity contribution in [2.45, 2.75) is 25.4 Å². The van der Waals surface area contributed by atoms with Gasteiger partial charge in [0.1, 0.15) is 17.8 Å². The molecular formula is C21H24FN3O4. The normalized spacial score (nSPS) is 17.2. The Labute approximate surface area is 168 Å². The van der Waals surface area contributed by atoms with E-state index in [1.165, 1.54) is 24.5 Å². The number of nitrogens with one attached hydrogen (secondary N) is 1. The number of carbonyl (C=O) groups is 1. The van der Waals surface area contributed by atoms with E-state index in [1.807, 2.05) is 0 Å². The summed E-state index contributed by atoms with van der Waals surface area (Å²) in [6, 6.07) is 8.18. The standard InChI is InChI=1S/C21H24FN3O4/c22-15-1-5-17(6-2-15)25-9-7-24(8-10-25)12-18-11-19(26)20(13-28-18)29-14-21(27)23-16-3-4-16/h1-2,5-6,11,13,16H,3-4,7-10,12,14H2,(H,23,27). The van der Waals surface area contributed by atoms with Crippen molar-refractivity contribution in [3.63, 3.8) is 0 Å². The Hall–Kier alpha value is -2.87. The summed E-state index contributed by atoms with van der Waals surface area (Å²) in [4.78, 5) is 28.3. The van der Waals surface area contributed by atoms with Crippen molar-refractivity contribution in [3.05, 3.63) is 58.4 Å². The Morgan fingerprint density at radius 3 is 2.55 bits per heavy atom. The van der Waals surface area contributed by atoms with Crippen LogP contribution < -0.4 is 20.4 Å². The Morgan fingerprint density at radius 1 is 1.17 bits per heavy atom. The molecule has 29 heavy (non-hydrogen) atoms. The van der Waals surface area contributed by atoms with Gasteiger partial charge in [0, 0.05) is 44.0 Å². The molecule has 2 heterocycles. The first-order chi connectivity index (χ1) is 14.1. The minimum Gasteiger partial charge on any atom is -0.477 e. The van der Waals surface area contributed by atoms with Crippen LogP contribution in [-0.2, 0) is 11.3 Å². The third kappa shape index (κ3) is 5.35. The predicted octanol–water partition coefficient (Wildman–Crippen LogP) is 1.76. The number of hydrogen-bond acceptors (Lipinski definition) is 6. The summed E-state index contributed by atoms with van der Waals surface area (Å²) < 4.78 is 23.9. The monoisotopic (exact) mass is 401 g/mol. The van der Waals surface area contributed by atoms with E-state index < -0.39 is 0 Å². The maximum atomic E-state index is 13.1. The van der Waals surface area contributed by atoms with Gasteiger partial charge in [-0.1, -0.05) is 0 Å². The molecular weight excluding hydrogens is 377 g/mol. The first-order valence-corrected chi connectivity index (χ1v) is 9.83. The van der Waals surface area contributed by atoms with Crippen molar-refractivity contribution in [2.75, 3.05) is 37.7 Å². The zero-order valence-electron chi connectivity index (χ0n) is 16.1. The lowest BCUT2D eigenvalue weighted by Gasteiger charge is -2.35.